The minimum atomic E-state index is -0.632. The standard InChI is InChI=1S/C7H15NO2/c9-5-3-7(10)2-1-4-8-6-7/h8-10H,1-6H2. The zero-order chi connectivity index (χ0) is 7.45. The molecule has 3 heteroatoms. The van der Waals surface area contributed by atoms with Crippen molar-refractivity contribution in [3.8, 4) is 0 Å². The number of hydrogen-bond donors (Lipinski definition) is 3. The zero-order valence-corrected chi connectivity index (χ0v) is 6.14. The largest absolute Gasteiger partial charge is 0.396 e. The molecule has 3 N–H and O–H groups in total. The molecule has 0 aromatic carbocycles. The van der Waals surface area contributed by atoms with Gasteiger partial charge in [-0.3, -0.25) is 0 Å². The van der Waals surface area contributed by atoms with E-state index in [4.69, 9.17) is 5.11 Å². The van der Waals surface area contributed by atoms with Gasteiger partial charge in [0.25, 0.3) is 0 Å². The molecule has 0 amide bonds. The van der Waals surface area contributed by atoms with Gasteiger partial charge >= 0.3 is 0 Å². The molecule has 1 unspecified atom stereocenters. The van der Waals surface area contributed by atoms with E-state index in [-0.39, 0.29) is 6.61 Å². The number of β-amino-alcohol motifs (C(OH)–C–C–N with tert-alkyl or cyclic N) is 1. The van der Waals surface area contributed by atoms with Crippen molar-refractivity contribution < 1.29 is 10.2 Å². The summed E-state index contributed by atoms with van der Waals surface area (Å²) in [6, 6.07) is 0. The maximum absolute atomic E-state index is 9.65. The SMILES string of the molecule is OCCC1(O)CCCNC1. The van der Waals surface area contributed by atoms with Crippen molar-refractivity contribution in [3.63, 3.8) is 0 Å². The van der Waals surface area contributed by atoms with E-state index in [2.05, 4.69) is 5.32 Å². The van der Waals surface area contributed by atoms with Gasteiger partial charge in [0.05, 0.1) is 5.60 Å². The first kappa shape index (κ1) is 7.98. The molecule has 1 saturated heterocycles. The third kappa shape index (κ3) is 1.94. The molecule has 0 spiro atoms. The molecule has 0 saturated carbocycles. The van der Waals surface area contributed by atoms with Gasteiger partial charge in [-0.15, -0.1) is 0 Å². The Hall–Kier alpha value is -0.120. The monoisotopic (exact) mass is 145 g/mol. The molecular weight excluding hydrogens is 130 g/mol. The lowest BCUT2D eigenvalue weighted by Gasteiger charge is -2.31. The Kier molecular flexibility index (Phi) is 2.65. The van der Waals surface area contributed by atoms with E-state index < -0.39 is 5.60 Å². The second kappa shape index (κ2) is 3.32. The molecular formula is C7H15NO2. The van der Waals surface area contributed by atoms with Gasteiger partial charge in [-0.2, -0.15) is 0 Å². The van der Waals surface area contributed by atoms with Crippen LogP contribution in [0, 0.1) is 0 Å². The summed E-state index contributed by atoms with van der Waals surface area (Å²) < 4.78 is 0. The number of aliphatic hydroxyl groups is 2. The normalized spacial score (nSPS) is 34.2. The molecule has 0 aromatic rings. The van der Waals surface area contributed by atoms with Crippen LogP contribution >= 0.6 is 0 Å². The van der Waals surface area contributed by atoms with Crippen molar-refractivity contribution in [1.82, 2.24) is 5.32 Å². The third-order valence-electron chi connectivity index (χ3n) is 2.03. The molecule has 1 atom stereocenters. The number of rotatable bonds is 2. The van der Waals surface area contributed by atoms with Crippen molar-refractivity contribution in [2.24, 2.45) is 0 Å². The maximum atomic E-state index is 9.65. The first-order valence-electron chi connectivity index (χ1n) is 3.81. The maximum Gasteiger partial charge on any atom is 0.0793 e. The smallest absolute Gasteiger partial charge is 0.0793 e. The molecule has 10 heavy (non-hydrogen) atoms. The lowest BCUT2D eigenvalue weighted by atomic mass is 9.91. The van der Waals surface area contributed by atoms with E-state index in [0.29, 0.717) is 13.0 Å². The lowest BCUT2D eigenvalue weighted by Crippen LogP contribution is -2.46. The van der Waals surface area contributed by atoms with Gasteiger partial charge < -0.3 is 15.5 Å². The Morgan fingerprint density at radius 3 is 2.80 bits per heavy atom. The second-order valence-electron chi connectivity index (χ2n) is 2.98. The van der Waals surface area contributed by atoms with Gasteiger partial charge in [0, 0.05) is 19.6 Å². The fourth-order valence-electron chi connectivity index (χ4n) is 1.37. The van der Waals surface area contributed by atoms with Crippen LogP contribution in [0.5, 0.6) is 0 Å². The van der Waals surface area contributed by atoms with Crippen molar-refractivity contribution in [1.29, 1.82) is 0 Å². The van der Waals surface area contributed by atoms with Crippen molar-refractivity contribution in [2.45, 2.75) is 24.9 Å². The molecule has 3 nitrogen and oxygen atoms in total. The van der Waals surface area contributed by atoms with E-state index in [0.717, 1.165) is 19.4 Å². The minimum Gasteiger partial charge on any atom is -0.396 e. The van der Waals surface area contributed by atoms with Gasteiger partial charge in [0.15, 0.2) is 0 Å². The summed E-state index contributed by atoms with van der Waals surface area (Å²) in [4.78, 5) is 0. The summed E-state index contributed by atoms with van der Waals surface area (Å²) in [5.41, 5.74) is -0.632. The van der Waals surface area contributed by atoms with Crippen LogP contribution in [-0.2, 0) is 0 Å². The summed E-state index contributed by atoms with van der Waals surface area (Å²) in [5.74, 6) is 0. The zero-order valence-electron chi connectivity index (χ0n) is 6.14. The lowest BCUT2D eigenvalue weighted by molar-refractivity contribution is -0.00454. The minimum absolute atomic E-state index is 0.0815. The van der Waals surface area contributed by atoms with Gasteiger partial charge in [0.2, 0.25) is 0 Å². The molecule has 1 aliphatic rings. The van der Waals surface area contributed by atoms with Crippen LogP contribution in [-0.4, -0.2) is 35.5 Å². The molecule has 0 bridgehead atoms. The number of hydrogen-bond acceptors (Lipinski definition) is 3. The van der Waals surface area contributed by atoms with Gasteiger partial charge in [-0.05, 0) is 19.4 Å². The second-order valence-corrected chi connectivity index (χ2v) is 2.98. The number of nitrogens with one attached hydrogen (secondary N) is 1. The van der Waals surface area contributed by atoms with Crippen LogP contribution in [0.3, 0.4) is 0 Å². The van der Waals surface area contributed by atoms with Gasteiger partial charge in [0.1, 0.15) is 0 Å². The average molecular weight is 145 g/mol. The van der Waals surface area contributed by atoms with Gasteiger partial charge in [-0.25, -0.2) is 0 Å². The predicted octanol–water partition coefficient (Wildman–Crippen LogP) is -0.517. The van der Waals surface area contributed by atoms with E-state index in [1.807, 2.05) is 0 Å². The highest BCUT2D eigenvalue weighted by atomic mass is 16.3. The molecule has 1 heterocycles. The van der Waals surface area contributed by atoms with Crippen LogP contribution in [0.25, 0.3) is 0 Å². The summed E-state index contributed by atoms with van der Waals surface area (Å²) >= 11 is 0. The molecule has 0 radical (unpaired) electrons. The molecule has 0 aliphatic carbocycles. The summed E-state index contributed by atoms with van der Waals surface area (Å²) in [6.07, 6.45) is 2.33. The fraction of sp³-hybridized carbons (Fsp3) is 1.00. The van der Waals surface area contributed by atoms with E-state index in [9.17, 15) is 5.11 Å². The number of piperidine rings is 1. The highest BCUT2D eigenvalue weighted by Crippen LogP contribution is 2.18. The van der Waals surface area contributed by atoms with Crippen molar-refractivity contribution in [3.05, 3.63) is 0 Å². The van der Waals surface area contributed by atoms with E-state index in [1.54, 1.807) is 0 Å². The van der Waals surface area contributed by atoms with Crippen molar-refractivity contribution >= 4 is 0 Å². The van der Waals surface area contributed by atoms with E-state index in [1.165, 1.54) is 0 Å². The topological polar surface area (TPSA) is 52.5 Å². The van der Waals surface area contributed by atoms with Crippen LogP contribution in [0.15, 0.2) is 0 Å². The summed E-state index contributed by atoms with van der Waals surface area (Å²) in [5, 5.41) is 21.3. The molecule has 1 fully saturated rings. The highest BCUT2D eigenvalue weighted by molar-refractivity contribution is 4.84. The number of aliphatic hydroxyl groups excluding tert-OH is 1. The van der Waals surface area contributed by atoms with Gasteiger partial charge in [-0.1, -0.05) is 0 Å². The molecule has 1 aliphatic heterocycles. The Morgan fingerprint density at radius 2 is 2.30 bits per heavy atom. The Labute approximate surface area is 61.1 Å². The first-order chi connectivity index (χ1) is 4.77. The van der Waals surface area contributed by atoms with Crippen LogP contribution in [0.2, 0.25) is 0 Å². The predicted molar refractivity (Wildman–Crippen MR) is 38.8 cm³/mol. The quantitative estimate of drug-likeness (QED) is 0.490. The fourth-order valence-corrected chi connectivity index (χ4v) is 1.37. The molecule has 1 rings (SSSR count). The molecule has 60 valence electrons. The van der Waals surface area contributed by atoms with Crippen LogP contribution in [0.4, 0.5) is 0 Å². The highest BCUT2D eigenvalue weighted by Gasteiger charge is 2.27. The average Bonchev–Trinajstić information content (AvgIpc) is 1.89. The first-order valence-corrected chi connectivity index (χ1v) is 3.81. The molecule has 0 aromatic heterocycles. The van der Waals surface area contributed by atoms with Crippen molar-refractivity contribution in [2.75, 3.05) is 19.7 Å². The van der Waals surface area contributed by atoms with E-state index >= 15 is 0 Å². The summed E-state index contributed by atoms with van der Waals surface area (Å²) in [6.45, 7) is 1.71. The van der Waals surface area contributed by atoms with Crippen LogP contribution in [0.1, 0.15) is 19.3 Å². The third-order valence-corrected chi connectivity index (χ3v) is 2.03. The van der Waals surface area contributed by atoms with Crippen LogP contribution < -0.4 is 5.32 Å². The Morgan fingerprint density at radius 1 is 1.50 bits per heavy atom. The summed E-state index contributed by atoms with van der Waals surface area (Å²) in [7, 11) is 0. The Bertz CT molecular complexity index is 94.3. The Balaban J connectivity index is 2.32.